The third-order valence-corrected chi connectivity index (χ3v) is 5.27. The van der Waals surface area contributed by atoms with Gasteiger partial charge in [-0.05, 0) is 37.8 Å². The summed E-state index contributed by atoms with van der Waals surface area (Å²) in [4.78, 5) is 38.6. The molecule has 0 unspecified atom stereocenters. The molecule has 2 N–H and O–H groups in total. The number of esters is 1. The number of alkyl carbamates (subject to hydrolysis) is 1. The summed E-state index contributed by atoms with van der Waals surface area (Å²) in [6.07, 6.45) is 0.223. The quantitative estimate of drug-likeness (QED) is 0.504. The highest BCUT2D eigenvalue weighted by atomic mass is 16.6. The highest BCUT2D eigenvalue weighted by Gasteiger charge is 2.32. The molecule has 0 aromatic heterocycles. The van der Waals surface area contributed by atoms with Crippen molar-refractivity contribution in [3.8, 4) is 0 Å². The van der Waals surface area contributed by atoms with Crippen LogP contribution in [0.3, 0.4) is 0 Å². The van der Waals surface area contributed by atoms with E-state index in [4.69, 9.17) is 9.47 Å². The van der Waals surface area contributed by atoms with E-state index >= 15 is 0 Å². The SMILES string of the molecule is CC[C@H](C)[C@H](NC(=O)OCc1ccccc1)C(=O)N[C@@H](Cc1ccccc1)C(=O)OC(C)(C)C. The minimum atomic E-state index is -0.900. The van der Waals surface area contributed by atoms with Crippen LogP contribution in [0.2, 0.25) is 0 Å². The first-order valence-corrected chi connectivity index (χ1v) is 11.6. The molecule has 0 spiro atoms. The molecule has 0 saturated heterocycles. The van der Waals surface area contributed by atoms with Crippen molar-refractivity contribution in [2.45, 2.75) is 71.8 Å². The van der Waals surface area contributed by atoms with E-state index in [9.17, 15) is 14.4 Å². The molecule has 0 radical (unpaired) electrons. The van der Waals surface area contributed by atoms with Gasteiger partial charge in [0, 0.05) is 6.42 Å². The van der Waals surface area contributed by atoms with Gasteiger partial charge < -0.3 is 20.1 Å². The molecule has 3 atom stereocenters. The van der Waals surface area contributed by atoms with Crippen LogP contribution in [0.15, 0.2) is 60.7 Å². The van der Waals surface area contributed by atoms with Gasteiger partial charge in [0.15, 0.2) is 0 Å². The van der Waals surface area contributed by atoms with Crippen molar-refractivity contribution in [2.75, 3.05) is 0 Å². The van der Waals surface area contributed by atoms with Crippen LogP contribution in [-0.2, 0) is 32.1 Å². The second kappa shape index (κ2) is 12.8. The first-order valence-electron chi connectivity index (χ1n) is 11.6. The maximum absolute atomic E-state index is 13.2. The Kier molecular flexibility index (Phi) is 10.1. The predicted octanol–water partition coefficient (Wildman–Crippen LogP) is 4.40. The maximum atomic E-state index is 13.2. The minimum Gasteiger partial charge on any atom is -0.458 e. The lowest BCUT2D eigenvalue weighted by molar-refractivity contribution is -0.158. The number of ether oxygens (including phenoxy) is 2. The molecule has 0 saturated carbocycles. The number of nitrogens with one attached hydrogen (secondary N) is 2. The van der Waals surface area contributed by atoms with Crippen molar-refractivity contribution in [3.05, 3.63) is 71.8 Å². The Balaban J connectivity index is 2.11. The summed E-state index contributed by atoms with van der Waals surface area (Å²) in [5.41, 5.74) is 1.02. The molecule has 7 heteroatoms. The second-order valence-electron chi connectivity index (χ2n) is 9.35. The third kappa shape index (κ3) is 9.25. The molecule has 0 bridgehead atoms. The molecule has 184 valence electrons. The van der Waals surface area contributed by atoms with Crippen LogP contribution < -0.4 is 10.6 Å². The van der Waals surface area contributed by atoms with Gasteiger partial charge in [-0.1, -0.05) is 80.9 Å². The zero-order valence-electron chi connectivity index (χ0n) is 20.7. The first kappa shape index (κ1) is 26.9. The molecular formula is C27H36N2O5. The van der Waals surface area contributed by atoms with Crippen LogP contribution in [0, 0.1) is 5.92 Å². The monoisotopic (exact) mass is 468 g/mol. The molecular weight excluding hydrogens is 432 g/mol. The van der Waals surface area contributed by atoms with Gasteiger partial charge in [-0.25, -0.2) is 9.59 Å². The molecule has 0 fully saturated rings. The summed E-state index contributed by atoms with van der Waals surface area (Å²) in [6.45, 7) is 9.21. The summed E-state index contributed by atoms with van der Waals surface area (Å²) in [7, 11) is 0. The largest absolute Gasteiger partial charge is 0.458 e. The van der Waals surface area contributed by atoms with Gasteiger partial charge in [0.25, 0.3) is 0 Å². The van der Waals surface area contributed by atoms with Gasteiger partial charge in [0.1, 0.15) is 24.3 Å². The van der Waals surface area contributed by atoms with Gasteiger partial charge in [0.05, 0.1) is 0 Å². The topological polar surface area (TPSA) is 93.7 Å². The van der Waals surface area contributed by atoms with E-state index in [0.717, 1.165) is 11.1 Å². The van der Waals surface area contributed by atoms with E-state index in [-0.39, 0.29) is 18.9 Å². The standard InChI is InChI=1S/C27H36N2O5/c1-6-19(2)23(29-26(32)33-18-21-15-11-8-12-16-21)24(30)28-22(25(31)34-27(3,4)5)17-20-13-9-7-10-14-20/h7-16,19,22-23H,6,17-18H2,1-5H3,(H,28,30)(H,29,32)/t19-,22-,23-/m0/s1. The summed E-state index contributed by atoms with van der Waals surface area (Å²) in [5.74, 6) is -1.17. The Morgan fingerprint density at radius 3 is 1.97 bits per heavy atom. The van der Waals surface area contributed by atoms with Crippen molar-refractivity contribution in [1.29, 1.82) is 0 Å². The lowest BCUT2D eigenvalue weighted by atomic mass is 9.97. The van der Waals surface area contributed by atoms with E-state index in [1.54, 1.807) is 20.8 Å². The number of benzene rings is 2. The Morgan fingerprint density at radius 2 is 1.44 bits per heavy atom. The van der Waals surface area contributed by atoms with E-state index in [1.165, 1.54) is 0 Å². The molecule has 0 aliphatic rings. The van der Waals surface area contributed by atoms with Crippen molar-refractivity contribution in [2.24, 2.45) is 5.92 Å². The lowest BCUT2D eigenvalue weighted by Crippen LogP contribution is -2.55. The van der Waals surface area contributed by atoms with Gasteiger partial charge in [-0.15, -0.1) is 0 Å². The minimum absolute atomic E-state index is 0.0933. The summed E-state index contributed by atoms with van der Waals surface area (Å²) in [5, 5.41) is 5.47. The zero-order valence-corrected chi connectivity index (χ0v) is 20.7. The van der Waals surface area contributed by atoms with Crippen molar-refractivity contribution >= 4 is 18.0 Å². The van der Waals surface area contributed by atoms with Crippen LogP contribution in [0.5, 0.6) is 0 Å². The number of amides is 2. The average Bonchev–Trinajstić information content (AvgIpc) is 2.80. The van der Waals surface area contributed by atoms with E-state index in [1.807, 2.05) is 74.5 Å². The van der Waals surface area contributed by atoms with Crippen LogP contribution in [0.4, 0.5) is 4.79 Å². The number of hydrogen-bond donors (Lipinski definition) is 2. The Bertz CT molecular complexity index is 925. The highest BCUT2D eigenvalue weighted by molar-refractivity contribution is 5.90. The van der Waals surface area contributed by atoms with Crippen molar-refractivity contribution in [1.82, 2.24) is 10.6 Å². The fraction of sp³-hybridized carbons (Fsp3) is 0.444. The average molecular weight is 469 g/mol. The molecule has 2 amide bonds. The zero-order chi connectivity index (χ0) is 25.1. The van der Waals surface area contributed by atoms with E-state index in [0.29, 0.717) is 6.42 Å². The number of carbonyl (C=O) groups excluding carboxylic acids is 3. The number of rotatable bonds is 10. The lowest BCUT2D eigenvalue weighted by Gasteiger charge is -2.28. The fourth-order valence-corrected chi connectivity index (χ4v) is 3.27. The summed E-state index contributed by atoms with van der Waals surface area (Å²) < 4.78 is 10.8. The van der Waals surface area contributed by atoms with Crippen molar-refractivity contribution < 1.29 is 23.9 Å². The normalized spacial score (nSPS) is 13.8. The van der Waals surface area contributed by atoms with E-state index < -0.39 is 35.7 Å². The van der Waals surface area contributed by atoms with Gasteiger partial charge in [-0.2, -0.15) is 0 Å². The van der Waals surface area contributed by atoms with Crippen LogP contribution in [0.1, 0.15) is 52.2 Å². The first-order chi connectivity index (χ1) is 16.1. The van der Waals surface area contributed by atoms with Gasteiger partial charge in [0.2, 0.25) is 5.91 Å². The summed E-state index contributed by atoms with van der Waals surface area (Å²) >= 11 is 0. The third-order valence-electron chi connectivity index (χ3n) is 5.27. The van der Waals surface area contributed by atoms with Gasteiger partial charge >= 0.3 is 12.1 Å². The molecule has 0 heterocycles. The molecule has 2 aromatic carbocycles. The highest BCUT2D eigenvalue weighted by Crippen LogP contribution is 2.14. The number of carbonyl (C=O) groups is 3. The predicted molar refractivity (Wildman–Crippen MR) is 131 cm³/mol. The smallest absolute Gasteiger partial charge is 0.408 e. The van der Waals surface area contributed by atoms with Gasteiger partial charge in [-0.3, -0.25) is 4.79 Å². The van der Waals surface area contributed by atoms with Crippen LogP contribution in [0.25, 0.3) is 0 Å². The molecule has 0 aliphatic heterocycles. The molecule has 2 rings (SSSR count). The van der Waals surface area contributed by atoms with Crippen LogP contribution >= 0.6 is 0 Å². The van der Waals surface area contributed by atoms with E-state index in [2.05, 4.69) is 10.6 Å². The Labute approximate surface area is 202 Å². The molecule has 34 heavy (non-hydrogen) atoms. The summed E-state index contributed by atoms with van der Waals surface area (Å²) in [6, 6.07) is 16.9. The maximum Gasteiger partial charge on any atom is 0.408 e. The fourth-order valence-electron chi connectivity index (χ4n) is 3.27. The molecule has 0 aliphatic carbocycles. The molecule has 2 aromatic rings. The Hall–Kier alpha value is -3.35. The Morgan fingerprint density at radius 1 is 0.882 bits per heavy atom. The van der Waals surface area contributed by atoms with Crippen LogP contribution in [-0.4, -0.2) is 35.7 Å². The second-order valence-corrected chi connectivity index (χ2v) is 9.35. The molecule has 7 nitrogen and oxygen atoms in total. The van der Waals surface area contributed by atoms with Crippen molar-refractivity contribution in [3.63, 3.8) is 0 Å². The number of hydrogen-bond acceptors (Lipinski definition) is 5.